The van der Waals surface area contributed by atoms with Crippen LogP contribution in [0.25, 0.3) is 22.2 Å². The summed E-state index contributed by atoms with van der Waals surface area (Å²) in [7, 11) is 9.12. The minimum Gasteiger partial charge on any atom is -0.494 e. The van der Waals surface area contributed by atoms with Gasteiger partial charge in [-0.2, -0.15) is 9.97 Å². The lowest BCUT2D eigenvalue weighted by Gasteiger charge is -2.19. The normalized spacial score (nSPS) is 10.9. The van der Waals surface area contributed by atoms with Crippen molar-refractivity contribution in [1.82, 2.24) is 19.4 Å². The number of nitrogens with one attached hydrogen (secondary N) is 3. The van der Waals surface area contributed by atoms with Gasteiger partial charge in [0.15, 0.2) is 0 Å². The first-order chi connectivity index (χ1) is 18.3. The van der Waals surface area contributed by atoms with Crippen LogP contribution < -0.4 is 25.4 Å². The predicted octanol–water partition coefficient (Wildman–Crippen LogP) is 4.49. The summed E-state index contributed by atoms with van der Waals surface area (Å²) >= 11 is 0. The molecule has 10 heteroatoms. The molecule has 2 heterocycles. The van der Waals surface area contributed by atoms with E-state index in [0.717, 1.165) is 28.7 Å². The Morgan fingerprint density at radius 2 is 1.87 bits per heavy atom. The van der Waals surface area contributed by atoms with Gasteiger partial charge in [-0.15, -0.1) is 0 Å². The van der Waals surface area contributed by atoms with Crippen molar-refractivity contribution in [2.75, 3.05) is 57.4 Å². The van der Waals surface area contributed by atoms with Crippen LogP contribution in [0.5, 0.6) is 11.8 Å². The number of fused-ring (bicyclic) bond motifs is 1. The van der Waals surface area contributed by atoms with Crippen molar-refractivity contribution in [3.05, 3.63) is 61.3 Å². The fourth-order valence-corrected chi connectivity index (χ4v) is 4.10. The second-order valence-electron chi connectivity index (χ2n) is 8.94. The molecule has 0 aliphatic rings. The number of anilines is 4. The highest BCUT2D eigenvalue weighted by Crippen LogP contribution is 2.38. The maximum Gasteiger partial charge on any atom is 0.318 e. The molecule has 4 aromatic rings. The number of amides is 1. The van der Waals surface area contributed by atoms with Gasteiger partial charge in [0.25, 0.3) is 0 Å². The molecule has 0 spiro atoms. The zero-order chi connectivity index (χ0) is 27.2. The van der Waals surface area contributed by atoms with Crippen LogP contribution in [0, 0.1) is 0 Å². The maximum atomic E-state index is 12.2. The third-order valence-electron chi connectivity index (χ3n) is 5.98. The van der Waals surface area contributed by atoms with E-state index in [1.807, 2.05) is 51.6 Å². The summed E-state index contributed by atoms with van der Waals surface area (Å²) in [5, 5.41) is 10.6. The average molecular weight is 516 g/mol. The van der Waals surface area contributed by atoms with Gasteiger partial charge in [0.1, 0.15) is 11.6 Å². The van der Waals surface area contributed by atoms with Crippen molar-refractivity contribution in [2.45, 2.75) is 0 Å². The standard InChI is InChI=1S/C28H33N7O3/c1-7-27(36)31-22-14-23(25(37-5)15-21(22)29-12-13-34(2)3)30-26-16-20(32-28(33-26)38-6)19-17-35(4)24-11-9-8-10-18(19)24/h7-11,14-17,29H,1,12-13H2,2-6H3,(H,31,36)(H,30,32,33). The molecular formula is C28H33N7O3. The highest BCUT2D eigenvalue weighted by atomic mass is 16.5. The molecule has 0 bridgehead atoms. The Hall–Kier alpha value is -4.57. The molecule has 0 saturated carbocycles. The number of rotatable bonds is 11. The molecule has 2 aromatic carbocycles. The zero-order valence-corrected chi connectivity index (χ0v) is 22.3. The summed E-state index contributed by atoms with van der Waals surface area (Å²) in [4.78, 5) is 23.3. The topological polar surface area (TPSA) is 106 Å². The van der Waals surface area contributed by atoms with Crippen molar-refractivity contribution < 1.29 is 14.3 Å². The van der Waals surface area contributed by atoms with Gasteiger partial charge >= 0.3 is 6.01 Å². The van der Waals surface area contributed by atoms with Crippen LogP contribution in [-0.4, -0.2) is 66.7 Å². The average Bonchev–Trinajstić information content (AvgIpc) is 3.25. The summed E-state index contributed by atoms with van der Waals surface area (Å²) < 4.78 is 13.2. The van der Waals surface area contributed by atoms with Crippen LogP contribution in [0.1, 0.15) is 0 Å². The van der Waals surface area contributed by atoms with Gasteiger partial charge in [0, 0.05) is 54.9 Å². The number of methoxy groups -OCH3 is 2. The number of ether oxygens (including phenoxy) is 2. The van der Waals surface area contributed by atoms with E-state index in [0.29, 0.717) is 35.2 Å². The molecule has 4 rings (SSSR count). The van der Waals surface area contributed by atoms with Gasteiger partial charge in [-0.25, -0.2) is 0 Å². The van der Waals surface area contributed by atoms with Gasteiger partial charge in [-0.05, 0) is 32.3 Å². The number of nitrogens with zero attached hydrogens (tertiary/aromatic N) is 4. The summed E-state index contributed by atoms with van der Waals surface area (Å²) in [6.07, 6.45) is 3.26. The minimum absolute atomic E-state index is 0.221. The van der Waals surface area contributed by atoms with E-state index in [1.54, 1.807) is 13.2 Å². The van der Waals surface area contributed by atoms with Gasteiger partial charge in [0.05, 0.1) is 37.0 Å². The van der Waals surface area contributed by atoms with E-state index in [-0.39, 0.29) is 11.9 Å². The summed E-state index contributed by atoms with van der Waals surface area (Å²) in [5.41, 5.74) is 4.66. The Morgan fingerprint density at radius 1 is 1.08 bits per heavy atom. The molecule has 0 saturated heterocycles. The molecule has 1 amide bonds. The number of para-hydroxylation sites is 1. The summed E-state index contributed by atoms with van der Waals surface area (Å²) in [6.45, 7) is 5.06. The number of carbonyl (C=O) groups excluding carboxylic acids is 1. The highest BCUT2D eigenvalue weighted by Gasteiger charge is 2.16. The lowest BCUT2D eigenvalue weighted by Crippen LogP contribution is -2.21. The van der Waals surface area contributed by atoms with E-state index in [2.05, 4.69) is 54.1 Å². The van der Waals surface area contributed by atoms with Gasteiger partial charge in [-0.3, -0.25) is 4.79 Å². The Kier molecular flexibility index (Phi) is 8.12. The van der Waals surface area contributed by atoms with E-state index in [4.69, 9.17) is 9.47 Å². The second-order valence-corrected chi connectivity index (χ2v) is 8.94. The first-order valence-corrected chi connectivity index (χ1v) is 12.1. The predicted molar refractivity (Wildman–Crippen MR) is 153 cm³/mol. The van der Waals surface area contributed by atoms with E-state index >= 15 is 0 Å². The van der Waals surface area contributed by atoms with Crippen LogP contribution >= 0.6 is 0 Å². The molecule has 38 heavy (non-hydrogen) atoms. The molecule has 2 aromatic heterocycles. The number of benzene rings is 2. The Labute approximate surface area is 222 Å². The molecule has 0 fully saturated rings. The van der Waals surface area contributed by atoms with Gasteiger partial charge in [0.2, 0.25) is 5.91 Å². The molecule has 0 radical (unpaired) electrons. The number of aryl methyl sites for hydroxylation is 1. The molecule has 0 aliphatic heterocycles. The molecular weight excluding hydrogens is 482 g/mol. The second kappa shape index (κ2) is 11.7. The Balaban J connectivity index is 1.74. The zero-order valence-electron chi connectivity index (χ0n) is 22.3. The van der Waals surface area contributed by atoms with Crippen molar-refractivity contribution in [3.63, 3.8) is 0 Å². The summed E-state index contributed by atoms with van der Waals surface area (Å²) in [6, 6.07) is 13.8. The van der Waals surface area contributed by atoms with Crippen LogP contribution in [0.4, 0.5) is 22.9 Å². The van der Waals surface area contributed by atoms with E-state index < -0.39 is 0 Å². The van der Waals surface area contributed by atoms with Crippen molar-refractivity contribution in [3.8, 4) is 23.0 Å². The molecule has 10 nitrogen and oxygen atoms in total. The molecule has 0 atom stereocenters. The lowest BCUT2D eigenvalue weighted by molar-refractivity contribution is -0.111. The number of hydrogen-bond acceptors (Lipinski definition) is 8. The number of carbonyl (C=O) groups is 1. The first-order valence-electron chi connectivity index (χ1n) is 12.1. The van der Waals surface area contributed by atoms with Crippen molar-refractivity contribution >= 4 is 39.7 Å². The SMILES string of the molecule is C=CC(=O)Nc1cc(Nc2cc(-c3cn(C)c4ccccc34)nc(OC)n2)c(OC)cc1NCCN(C)C. The first kappa shape index (κ1) is 26.5. The van der Waals surface area contributed by atoms with Crippen LogP contribution in [0.3, 0.4) is 0 Å². The number of aromatic nitrogens is 3. The third-order valence-corrected chi connectivity index (χ3v) is 5.98. The monoisotopic (exact) mass is 515 g/mol. The van der Waals surface area contributed by atoms with E-state index in [9.17, 15) is 4.79 Å². The van der Waals surface area contributed by atoms with Crippen LogP contribution in [0.15, 0.2) is 61.3 Å². The lowest BCUT2D eigenvalue weighted by atomic mass is 10.1. The van der Waals surface area contributed by atoms with E-state index in [1.165, 1.54) is 13.2 Å². The molecule has 3 N–H and O–H groups in total. The number of likely N-dealkylation sites (N-methyl/N-ethyl adjacent to an activating group) is 1. The maximum absolute atomic E-state index is 12.2. The van der Waals surface area contributed by atoms with Crippen LogP contribution in [-0.2, 0) is 11.8 Å². The van der Waals surface area contributed by atoms with Crippen molar-refractivity contribution in [1.29, 1.82) is 0 Å². The smallest absolute Gasteiger partial charge is 0.318 e. The number of hydrogen-bond donors (Lipinski definition) is 3. The highest BCUT2D eigenvalue weighted by molar-refractivity contribution is 6.02. The van der Waals surface area contributed by atoms with Gasteiger partial charge < -0.3 is 34.9 Å². The Morgan fingerprint density at radius 3 is 2.58 bits per heavy atom. The minimum atomic E-state index is -0.321. The molecule has 198 valence electrons. The fraction of sp³-hybridized carbons (Fsp3) is 0.250. The molecule has 0 aliphatic carbocycles. The van der Waals surface area contributed by atoms with Gasteiger partial charge in [-0.1, -0.05) is 24.8 Å². The quantitative estimate of drug-likeness (QED) is 0.251. The molecule has 0 unspecified atom stereocenters. The Bertz CT molecular complexity index is 1460. The summed E-state index contributed by atoms with van der Waals surface area (Å²) in [5.74, 6) is 0.754. The third kappa shape index (κ3) is 5.87. The largest absolute Gasteiger partial charge is 0.494 e. The van der Waals surface area contributed by atoms with Crippen molar-refractivity contribution in [2.24, 2.45) is 7.05 Å². The fourth-order valence-electron chi connectivity index (χ4n) is 4.10. The van der Waals surface area contributed by atoms with Crippen LogP contribution in [0.2, 0.25) is 0 Å².